The number of hydrogen-bond donors (Lipinski definition) is 2. The predicted molar refractivity (Wildman–Crippen MR) is 77.0 cm³/mol. The topological polar surface area (TPSA) is 61.3 Å². The summed E-state index contributed by atoms with van der Waals surface area (Å²) in [6, 6.07) is 17.5. The Bertz CT molecular complexity index is 417. The fourth-order valence-corrected chi connectivity index (χ4v) is 1.34. The van der Waals surface area contributed by atoms with E-state index in [1.165, 1.54) is 0 Å². The molecule has 3 nitrogen and oxygen atoms in total. The van der Waals surface area contributed by atoms with Crippen LogP contribution in [0, 0.1) is 0 Å². The van der Waals surface area contributed by atoms with Crippen LogP contribution in [-0.2, 0) is 11.3 Å². The minimum Gasteiger partial charge on any atom is -0.399 e. The maximum absolute atomic E-state index is 5.70. The molecule has 0 aliphatic carbocycles. The summed E-state index contributed by atoms with van der Waals surface area (Å²) < 4.78 is 5.22. The van der Waals surface area contributed by atoms with Crippen LogP contribution in [0.15, 0.2) is 54.6 Å². The Balaban J connectivity index is 0.000000225. The largest absolute Gasteiger partial charge is 0.399 e. The standard InChI is InChI=1S/C9H14N2O.C6H6/c1-2-12-6-7-3-4-8(10)5-9(7)11;1-2-4-6-5-3-1/h3-5H,2,6,10-11H2,1H3;1-6H. The number of ether oxygens (including phenoxy) is 1. The molecule has 0 aromatic heterocycles. The van der Waals surface area contributed by atoms with E-state index in [-0.39, 0.29) is 0 Å². The van der Waals surface area contributed by atoms with Gasteiger partial charge in [-0.2, -0.15) is 0 Å². The van der Waals surface area contributed by atoms with Gasteiger partial charge in [-0.05, 0) is 19.1 Å². The van der Waals surface area contributed by atoms with E-state index in [9.17, 15) is 0 Å². The van der Waals surface area contributed by atoms with Gasteiger partial charge in [0.1, 0.15) is 0 Å². The average Bonchev–Trinajstić information content (AvgIpc) is 2.41. The lowest BCUT2D eigenvalue weighted by Crippen LogP contribution is -1.98. The molecule has 2 aromatic rings. The predicted octanol–water partition coefficient (Wildman–Crippen LogP) is 3.07. The van der Waals surface area contributed by atoms with Crippen molar-refractivity contribution < 1.29 is 4.74 Å². The molecule has 0 aliphatic heterocycles. The molecule has 0 unspecified atom stereocenters. The zero-order valence-electron chi connectivity index (χ0n) is 10.7. The average molecular weight is 244 g/mol. The molecule has 0 heterocycles. The summed E-state index contributed by atoms with van der Waals surface area (Å²) in [6.07, 6.45) is 0. The minimum absolute atomic E-state index is 0.558. The molecule has 0 saturated heterocycles. The molecule has 0 saturated carbocycles. The number of anilines is 2. The number of benzene rings is 2. The molecule has 0 spiro atoms. The molecular weight excluding hydrogens is 224 g/mol. The second-order valence-corrected chi connectivity index (χ2v) is 3.75. The molecule has 4 N–H and O–H groups in total. The van der Waals surface area contributed by atoms with Crippen molar-refractivity contribution in [3.63, 3.8) is 0 Å². The third-order valence-electron chi connectivity index (χ3n) is 2.30. The van der Waals surface area contributed by atoms with Crippen molar-refractivity contribution in [3.8, 4) is 0 Å². The van der Waals surface area contributed by atoms with Crippen molar-refractivity contribution in [2.75, 3.05) is 18.1 Å². The highest BCUT2D eigenvalue weighted by Gasteiger charge is 1.98. The van der Waals surface area contributed by atoms with E-state index >= 15 is 0 Å². The number of nitrogens with two attached hydrogens (primary N) is 2. The van der Waals surface area contributed by atoms with E-state index in [1.807, 2.05) is 55.5 Å². The highest BCUT2D eigenvalue weighted by molar-refractivity contribution is 5.56. The monoisotopic (exact) mass is 244 g/mol. The first kappa shape index (κ1) is 14.1. The smallest absolute Gasteiger partial charge is 0.0736 e. The summed E-state index contributed by atoms with van der Waals surface area (Å²) in [7, 11) is 0. The van der Waals surface area contributed by atoms with E-state index < -0.39 is 0 Å². The Hall–Kier alpha value is -2.00. The van der Waals surface area contributed by atoms with E-state index in [4.69, 9.17) is 16.2 Å². The summed E-state index contributed by atoms with van der Waals surface area (Å²) >= 11 is 0. The van der Waals surface area contributed by atoms with Gasteiger partial charge in [0.25, 0.3) is 0 Å². The lowest BCUT2D eigenvalue weighted by atomic mass is 10.2. The quantitative estimate of drug-likeness (QED) is 0.816. The molecule has 0 radical (unpaired) electrons. The van der Waals surface area contributed by atoms with Crippen molar-refractivity contribution in [3.05, 3.63) is 60.2 Å². The zero-order chi connectivity index (χ0) is 13.2. The molecule has 0 bridgehead atoms. The Labute approximate surface area is 108 Å². The van der Waals surface area contributed by atoms with E-state index in [2.05, 4.69) is 0 Å². The van der Waals surface area contributed by atoms with Gasteiger partial charge >= 0.3 is 0 Å². The van der Waals surface area contributed by atoms with Crippen LogP contribution in [0.5, 0.6) is 0 Å². The minimum atomic E-state index is 0.558. The molecule has 0 atom stereocenters. The molecule has 2 rings (SSSR count). The molecule has 96 valence electrons. The van der Waals surface area contributed by atoms with Crippen molar-refractivity contribution in [2.24, 2.45) is 0 Å². The summed E-state index contributed by atoms with van der Waals surface area (Å²) in [5, 5.41) is 0. The van der Waals surface area contributed by atoms with Crippen LogP contribution >= 0.6 is 0 Å². The maximum Gasteiger partial charge on any atom is 0.0736 e. The van der Waals surface area contributed by atoms with E-state index in [0.29, 0.717) is 24.6 Å². The molecule has 0 aliphatic rings. The SMILES string of the molecule is CCOCc1ccc(N)cc1N.c1ccccc1. The molecule has 0 amide bonds. The Kier molecular flexibility index (Phi) is 6.36. The van der Waals surface area contributed by atoms with Gasteiger partial charge in [0.2, 0.25) is 0 Å². The van der Waals surface area contributed by atoms with Gasteiger partial charge in [0, 0.05) is 23.5 Å². The van der Waals surface area contributed by atoms with Crippen molar-refractivity contribution >= 4 is 11.4 Å². The number of hydrogen-bond acceptors (Lipinski definition) is 3. The Morgan fingerprint density at radius 2 is 1.50 bits per heavy atom. The maximum atomic E-state index is 5.70. The van der Waals surface area contributed by atoms with E-state index in [0.717, 1.165) is 5.56 Å². The summed E-state index contributed by atoms with van der Waals surface area (Å²) in [5.74, 6) is 0. The summed E-state index contributed by atoms with van der Waals surface area (Å²) in [4.78, 5) is 0. The third kappa shape index (κ3) is 5.37. The lowest BCUT2D eigenvalue weighted by Gasteiger charge is -2.05. The van der Waals surface area contributed by atoms with Crippen molar-refractivity contribution in [1.82, 2.24) is 0 Å². The number of rotatable bonds is 3. The molecular formula is C15H20N2O. The first-order valence-electron chi connectivity index (χ1n) is 5.95. The third-order valence-corrected chi connectivity index (χ3v) is 2.30. The van der Waals surface area contributed by atoms with Crippen LogP contribution in [0.4, 0.5) is 11.4 Å². The molecule has 18 heavy (non-hydrogen) atoms. The first-order valence-corrected chi connectivity index (χ1v) is 5.95. The van der Waals surface area contributed by atoms with Gasteiger partial charge < -0.3 is 16.2 Å². The van der Waals surface area contributed by atoms with Gasteiger partial charge in [-0.1, -0.05) is 42.5 Å². The molecule has 2 aromatic carbocycles. The highest BCUT2D eigenvalue weighted by Crippen LogP contribution is 2.16. The van der Waals surface area contributed by atoms with Crippen LogP contribution in [0.1, 0.15) is 12.5 Å². The van der Waals surface area contributed by atoms with E-state index in [1.54, 1.807) is 6.07 Å². The summed E-state index contributed by atoms with van der Waals surface area (Å²) in [5.41, 5.74) is 13.6. The summed E-state index contributed by atoms with van der Waals surface area (Å²) in [6.45, 7) is 3.21. The second kappa shape index (κ2) is 8.14. The molecule has 3 heteroatoms. The second-order valence-electron chi connectivity index (χ2n) is 3.75. The highest BCUT2D eigenvalue weighted by atomic mass is 16.5. The van der Waals surface area contributed by atoms with Gasteiger partial charge in [0.05, 0.1) is 6.61 Å². The zero-order valence-corrected chi connectivity index (χ0v) is 10.7. The van der Waals surface area contributed by atoms with Crippen LogP contribution in [0.2, 0.25) is 0 Å². The van der Waals surface area contributed by atoms with Gasteiger partial charge in [0.15, 0.2) is 0 Å². The van der Waals surface area contributed by atoms with Gasteiger partial charge in [-0.3, -0.25) is 0 Å². The van der Waals surface area contributed by atoms with Crippen LogP contribution in [0.25, 0.3) is 0 Å². The first-order chi connectivity index (χ1) is 8.74. The number of nitrogen functional groups attached to an aromatic ring is 2. The normalized spacial score (nSPS) is 9.39. The fourth-order valence-electron chi connectivity index (χ4n) is 1.34. The molecule has 0 fully saturated rings. The van der Waals surface area contributed by atoms with Crippen LogP contribution in [-0.4, -0.2) is 6.61 Å². The van der Waals surface area contributed by atoms with Crippen LogP contribution in [0.3, 0.4) is 0 Å². The van der Waals surface area contributed by atoms with Gasteiger partial charge in [-0.25, -0.2) is 0 Å². The lowest BCUT2D eigenvalue weighted by molar-refractivity contribution is 0.134. The van der Waals surface area contributed by atoms with Crippen LogP contribution < -0.4 is 11.5 Å². The van der Waals surface area contributed by atoms with Crippen molar-refractivity contribution in [2.45, 2.75) is 13.5 Å². The Morgan fingerprint density at radius 3 is 1.94 bits per heavy atom. The van der Waals surface area contributed by atoms with Crippen molar-refractivity contribution in [1.29, 1.82) is 0 Å². The fraction of sp³-hybridized carbons (Fsp3) is 0.200. The Morgan fingerprint density at radius 1 is 0.944 bits per heavy atom. The van der Waals surface area contributed by atoms with Gasteiger partial charge in [-0.15, -0.1) is 0 Å².